The van der Waals surface area contributed by atoms with Crippen molar-refractivity contribution in [3.05, 3.63) is 59.9 Å². The molecule has 1 heterocycles. The van der Waals surface area contributed by atoms with Crippen LogP contribution in [0.1, 0.15) is 12.0 Å². The molecule has 0 spiro atoms. The highest BCUT2D eigenvalue weighted by Gasteiger charge is 2.33. The average Bonchev–Trinajstić information content (AvgIpc) is 3.01. The van der Waals surface area contributed by atoms with Gasteiger partial charge in [0.2, 0.25) is 5.91 Å². The zero-order valence-corrected chi connectivity index (χ0v) is 16.4. The van der Waals surface area contributed by atoms with Crippen molar-refractivity contribution in [3.8, 4) is 5.75 Å². The zero-order chi connectivity index (χ0) is 20.1. The molecular formula is C20H23FN2O4S. The molecule has 1 saturated heterocycles. The quantitative estimate of drug-likeness (QED) is 0.765. The molecule has 0 saturated carbocycles. The van der Waals surface area contributed by atoms with Gasteiger partial charge < -0.3 is 10.1 Å². The van der Waals surface area contributed by atoms with E-state index in [1.165, 1.54) is 18.2 Å². The summed E-state index contributed by atoms with van der Waals surface area (Å²) in [5, 5.41) is 2.67. The standard InChI is InChI=1S/C20H23FN2O4S/c1-27-19-7-5-15(6-8-19)12-23(18-9-10-28(25,26)14-18)13-20(24)22-17-4-2-3-16(21)11-17/h2-8,11,18H,9-10,12-14H2,1H3,(H,22,24). The molecule has 1 atom stereocenters. The van der Waals surface area contributed by atoms with Crippen molar-refractivity contribution in [1.29, 1.82) is 0 Å². The molecule has 1 aliphatic heterocycles. The van der Waals surface area contributed by atoms with Gasteiger partial charge in [0.25, 0.3) is 0 Å². The summed E-state index contributed by atoms with van der Waals surface area (Å²) < 4.78 is 42.3. The van der Waals surface area contributed by atoms with E-state index in [-0.39, 0.29) is 30.0 Å². The molecule has 2 aromatic rings. The van der Waals surface area contributed by atoms with Crippen molar-refractivity contribution in [2.45, 2.75) is 19.0 Å². The number of ether oxygens (including phenoxy) is 1. The first-order chi connectivity index (χ1) is 13.3. The topological polar surface area (TPSA) is 75.7 Å². The minimum atomic E-state index is -3.09. The van der Waals surface area contributed by atoms with Crippen LogP contribution in [0.15, 0.2) is 48.5 Å². The lowest BCUT2D eigenvalue weighted by atomic mass is 10.1. The van der Waals surface area contributed by atoms with E-state index >= 15 is 0 Å². The Labute approximate surface area is 164 Å². The normalized spacial score (nSPS) is 18.2. The van der Waals surface area contributed by atoms with E-state index in [0.29, 0.717) is 18.7 Å². The Morgan fingerprint density at radius 1 is 1.25 bits per heavy atom. The first-order valence-electron chi connectivity index (χ1n) is 8.97. The number of nitrogens with one attached hydrogen (secondary N) is 1. The van der Waals surface area contributed by atoms with Gasteiger partial charge in [-0.25, -0.2) is 12.8 Å². The predicted molar refractivity (Wildman–Crippen MR) is 105 cm³/mol. The van der Waals surface area contributed by atoms with Crippen LogP contribution in [0.3, 0.4) is 0 Å². The molecule has 0 aromatic heterocycles. The predicted octanol–water partition coefficient (Wildman–Crippen LogP) is 2.46. The molecule has 0 bridgehead atoms. The molecule has 2 aromatic carbocycles. The number of rotatable bonds is 7. The van der Waals surface area contributed by atoms with Gasteiger partial charge in [0.1, 0.15) is 11.6 Å². The number of anilines is 1. The third kappa shape index (κ3) is 5.53. The Kier molecular flexibility index (Phi) is 6.31. The van der Waals surface area contributed by atoms with E-state index in [0.717, 1.165) is 11.3 Å². The van der Waals surface area contributed by atoms with E-state index in [2.05, 4.69) is 5.32 Å². The van der Waals surface area contributed by atoms with E-state index in [9.17, 15) is 17.6 Å². The van der Waals surface area contributed by atoms with E-state index in [1.807, 2.05) is 29.2 Å². The summed E-state index contributed by atoms with van der Waals surface area (Å²) in [4.78, 5) is 14.4. The number of carbonyl (C=O) groups is 1. The van der Waals surface area contributed by atoms with Gasteiger partial charge in [-0.1, -0.05) is 18.2 Å². The molecular weight excluding hydrogens is 383 g/mol. The molecule has 8 heteroatoms. The Bertz CT molecular complexity index is 931. The maximum Gasteiger partial charge on any atom is 0.238 e. The van der Waals surface area contributed by atoms with Crippen LogP contribution in [-0.2, 0) is 21.2 Å². The first-order valence-corrected chi connectivity index (χ1v) is 10.8. The summed E-state index contributed by atoms with van der Waals surface area (Å²) in [7, 11) is -1.50. The van der Waals surface area contributed by atoms with Gasteiger partial charge in [0, 0.05) is 18.3 Å². The molecule has 3 rings (SSSR count). The Hall–Kier alpha value is -2.45. The summed E-state index contributed by atoms with van der Waals surface area (Å²) in [5.41, 5.74) is 1.32. The van der Waals surface area contributed by atoms with Gasteiger partial charge in [-0.05, 0) is 42.3 Å². The molecule has 1 unspecified atom stereocenters. The number of halogens is 1. The molecule has 1 fully saturated rings. The Morgan fingerprint density at radius 2 is 2.00 bits per heavy atom. The highest BCUT2D eigenvalue weighted by Crippen LogP contribution is 2.21. The summed E-state index contributed by atoms with van der Waals surface area (Å²) in [6, 6.07) is 12.9. The van der Waals surface area contributed by atoms with Crippen molar-refractivity contribution in [2.24, 2.45) is 0 Å². The number of hydrogen-bond acceptors (Lipinski definition) is 5. The summed E-state index contributed by atoms with van der Waals surface area (Å²) in [6.45, 7) is 0.448. The number of amides is 1. The average molecular weight is 406 g/mol. The van der Waals surface area contributed by atoms with Crippen LogP contribution in [0.4, 0.5) is 10.1 Å². The second kappa shape index (κ2) is 8.70. The minimum Gasteiger partial charge on any atom is -0.497 e. The fraction of sp³-hybridized carbons (Fsp3) is 0.350. The molecule has 28 heavy (non-hydrogen) atoms. The van der Waals surface area contributed by atoms with Gasteiger partial charge in [-0.2, -0.15) is 0 Å². The summed E-state index contributed by atoms with van der Waals surface area (Å²) in [5.74, 6) is 0.138. The van der Waals surface area contributed by atoms with Crippen LogP contribution in [0, 0.1) is 5.82 Å². The van der Waals surface area contributed by atoms with Gasteiger partial charge in [-0.3, -0.25) is 9.69 Å². The monoisotopic (exact) mass is 406 g/mol. The minimum absolute atomic E-state index is 0.0166. The van der Waals surface area contributed by atoms with E-state index in [1.54, 1.807) is 13.2 Å². The van der Waals surface area contributed by atoms with Crippen LogP contribution in [0.2, 0.25) is 0 Å². The largest absolute Gasteiger partial charge is 0.497 e. The van der Waals surface area contributed by atoms with Crippen molar-refractivity contribution >= 4 is 21.4 Å². The summed E-state index contributed by atoms with van der Waals surface area (Å²) >= 11 is 0. The second-order valence-electron chi connectivity index (χ2n) is 6.87. The van der Waals surface area contributed by atoms with E-state index < -0.39 is 15.7 Å². The molecule has 1 amide bonds. The number of hydrogen-bond donors (Lipinski definition) is 1. The number of nitrogens with zero attached hydrogens (tertiary/aromatic N) is 1. The molecule has 0 aliphatic carbocycles. The van der Waals surface area contributed by atoms with Crippen LogP contribution in [-0.4, -0.2) is 50.4 Å². The lowest BCUT2D eigenvalue weighted by Gasteiger charge is -2.27. The van der Waals surface area contributed by atoms with Gasteiger partial charge >= 0.3 is 0 Å². The molecule has 1 N–H and O–H groups in total. The number of carbonyl (C=O) groups excluding carboxylic acids is 1. The van der Waals surface area contributed by atoms with Gasteiger partial charge in [0.05, 0.1) is 25.2 Å². The molecule has 150 valence electrons. The molecule has 6 nitrogen and oxygen atoms in total. The van der Waals surface area contributed by atoms with Crippen molar-refractivity contribution in [2.75, 3.05) is 30.5 Å². The van der Waals surface area contributed by atoms with Crippen molar-refractivity contribution in [3.63, 3.8) is 0 Å². The smallest absolute Gasteiger partial charge is 0.238 e. The summed E-state index contributed by atoms with van der Waals surface area (Å²) in [6.07, 6.45) is 0.492. The molecule has 1 aliphatic rings. The fourth-order valence-electron chi connectivity index (χ4n) is 3.29. The van der Waals surface area contributed by atoms with Gasteiger partial charge in [0.15, 0.2) is 9.84 Å². The number of methoxy groups -OCH3 is 1. The van der Waals surface area contributed by atoms with Gasteiger partial charge in [-0.15, -0.1) is 0 Å². The first kappa shape index (κ1) is 20.3. The second-order valence-corrected chi connectivity index (χ2v) is 9.10. The lowest BCUT2D eigenvalue weighted by Crippen LogP contribution is -2.41. The third-order valence-electron chi connectivity index (χ3n) is 4.72. The van der Waals surface area contributed by atoms with Crippen molar-refractivity contribution < 1.29 is 22.3 Å². The Morgan fingerprint density at radius 3 is 2.61 bits per heavy atom. The highest BCUT2D eigenvalue weighted by atomic mass is 32.2. The van der Waals surface area contributed by atoms with Crippen LogP contribution < -0.4 is 10.1 Å². The highest BCUT2D eigenvalue weighted by molar-refractivity contribution is 7.91. The number of sulfone groups is 1. The van der Waals surface area contributed by atoms with Crippen LogP contribution in [0.5, 0.6) is 5.75 Å². The van der Waals surface area contributed by atoms with Crippen molar-refractivity contribution in [1.82, 2.24) is 4.90 Å². The maximum atomic E-state index is 13.3. The van der Waals surface area contributed by atoms with Crippen LogP contribution >= 0.6 is 0 Å². The fourth-order valence-corrected chi connectivity index (χ4v) is 5.06. The Balaban J connectivity index is 1.72. The van der Waals surface area contributed by atoms with E-state index in [4.69, 9.17) is 4.74 Å². The number of benzene rings is 2. The maximum absolute atomic E-state index is 13.3. The SMILES string of the molecule is COc1ccc(CN(CC(=O)Nc2cccc(F)c2)C2CCS(=O)(=O)C2)cc1. The third-order valence-corrected chi connectivity index (χ3v) is 6.47. The molecule has 0 radical (unpaired) electrons. The zero-order valence-electron chi connectivity index (χ0n) is 15.6. The lowest BCUT2D eigenvalue weighted by molar-refractivity contribution is -0.117. The van der Waals surface area contributed by atoms with Crippen LogP contribution in [0.25, 0.3) is 0 Å².